The zero-order valence-electron chi connectivity index (χ0n) is 14.0. The van der Waals surface area contributed by atoms with Gasteiger partial charge in [0.15, 0.2) is 0 Å². The van der Waals surface area contributed by atoms with Crippen LogP contribution in [-0.4, -0.2) is 4.57 Å². The number of hydrogen-bond acceptors (Lipinski definition) is 1. The summed E-state index contributed by atoms with van der Waals surface area (Å²) in [6.45, 7) is 0. The van der Waals surface area contributed by atoms with Crippen LogP contribution in [0.1, 0.15) is 0 Å². The highest BCUT2D eigenvalue weighted by molar-refractivity contribution is 7.18. The summed E-state index contributed by atoms with van der Waals surface area (Å²) >= 11 is 1.82. The van der Waals surface area contributed by atoms with Gasteiger partial charge in [-0.25, -0.2) is 0 Å². The summed E-state index contributed by atoms with van der Waals surface area (Å²) in [5.74, 6) is 0. The molecule has 0 atom stereocenters. The monoisotopic (exact) mass is 349 g/mol. The zero-order chi connectivity index (χ0) is 17.1. The van der Waals surface area contributed by atoms with Crippen molar-refractivity contribution < 1.29 is 0 Å². The summed E-state index contributed by atoms with van der Waals surface area (Å²) in [4.78, 5) is 0. The molecule has 0 unspecified atom stereocenters. The van der Waals surface area contributed by atoms with Crippen molar-refractivity contribution in [3.05, 3.63) is 90.3 Å². The van der Waals surface area contributed by atoms with Crippen LogP contribution in [0.4, 0.5) is 0 Å². The molecular weight excluding hydrogens is 334 g/mol. The molecule has 1 nitrogen and oxygen atoms in total. The maximum Gasteiger partial charge on any atom is 0.0719 e. The Kier molecular flexibility index (Phi) is 2.82. The maximum atomic E-state index is 2.43. The van der Waals surface area contributed by atoms with Gasteiger partial charge in [0.2, 0.25) is 0 Å². The molecule has 0 spiro atoms. The lowest BCUT2D eigenvalue weighted by Gasteiger charge is -2.10. The molecule has 0 saturated heterocycles. The van der Waals surface area contributed by atoms with Crippen LogP contribution in [0.25, 0.3) is 48.4 Å². The van der Waals surface area contributed by atoms with Gasteiger partial charge in [0.1, 0.15) is 0 Å². The molecule has 0 N–H and O–H groups in total. The summed E-state index contributed by atoms with van der Waals surface area (Å²) in [6, 6.07) is 30.8. The minimum atomic E-state index is 1.22. The molecule has 6 rings (SSSR count). The highest BCUT2D eigenvalue weighted by atomic mass is 32.1. The second kappa shape index (κ2) is 5.20. The third-order valence-corrected chi connectivity index (χ3v) is 6.18. The van der Waals surface area contributed by atoms with E-state index < -0.39 is 0 Å². The van der Waals surface area contributed by atoms with Gasteiger partial charge in [0, 0.05) is 16.5 Å². The van der Waals surface area contributed by atoms with Crippen molar-refractivity contribution in [1.82, 2.24) is 4.57 Å². The Morgan fingerprint density at radius 3 is 2.38 bits per heavy atom. The number of hydrogen-bond donors (Lipinski definition) is 0. The molecule has 0 aliphatic rings. The van der Waals surface area contributed by atoms with E-state index in [1.165, 1.54) is 48.4 Å². The number of thiophene rings is 1. The number of para-hydroxylation sites is 1. The molecular formula is C24H15NS. The average Bonchev–Trinajstić information content (AvgIpc) is 3.30. The van der Waals surface area contributed by atoms with Gasteiger partial charge in [-0.05, 0) is 45.8 Å². The Bertz CT molecular complexity index is 1430. The van der Waals surface area contributed by atoms with Crippen LogP contribution in [0.5, 0.6) is 0 Å². The molecule has 2 heteroatoms. The summed E-state index contributed by atoms with van der Waals surface area (Å²) in [6.07, 6.45) is 0. The Balaban J connectivity index is 1.84. The average molecular weight is 349 g/mol. The minimum absolute atomic E-state index is 1.22. The molecule has 0 fully saturated rings. The molecule has 2 heterocycles. The molecule has 0 aliphatic carbocycles. The van der Waals surface area contributed by atoms with Gasteiger partial charge in [0.05, 0.1) is 15.7 Å². The standard InChI is InChI=1S/C24H15NS/c1-2-6-18-15-19(11-9-16(18)5-1)25-22-8-4-3-7-20(22)21-12-10-17-13-14-26-24(17)23(21)25/h1-15H. The number of benzene rings is 4. The summed E-state index contributed by atoms with van der Waals surface area (Å²) in [5, 5.41) is 8.68. The van der Waals surface area contributed by atoms with Gasteiger partial charge in [-0.3, -0.25) is 0 Å². The van der Waals surface area contributed by atoms with E-state index in [9.17, 15) is 0 Å². The van der Waals surface area contributed by atoms with Crippen molar-refractivity contribution in [2.24, 2.45) is 0 Å². The molecule has 6 aromatic rings. The maximum absolute atomic E-state index is 2.43. The largest absolute Gasteiger partial charge is 0.308 e. The van der Waals surface area contributed by atoms with E-state index in [-0.39, 0.29) is 0 Å². The van der Waals surface area contributed by atoms with Crippen molar-refractivity contribution >= 4 is 54.0 Å². The fourth-order valence-electron chi connectivity index (χ4n) is 4.06. The van der Waals surface area contributed by atoms with Crippen molar-refractivity contribution in [1.29, 1.82) is 0 Å². The predicted molar refractivity (Wildman–Crippen MR) is 114 cm³/mol. The SMILES string of the molecule is c1ccc2cc(-n3c4ccccc4c4ccc5ccsc5c43)ccc2c1. The lowest BCUT2D eigenvalue weighted by atomic mass is 10.1. The summed E-state index contributed by atoms with van der Waals surface area (Å²) < 4.78 is 3.78. The molecule has 122 valence electrons. The Labute approximate surface area is 154 Å². The van der Waals surface area contributed by atoms with Crippen molar-refractivity contribution in [2.75, 3.05) is 0 Å². The Hall–Kier alpha value is -3.10. The predicted octanol–water partition coefficient (Wildman–Crippen LogP) is 7.15. The van der Waals surface area contributed by atoms with Crippen LogP contribution in [-0.2, 0) is 0 Å². The fraction of sp³-hybridized carbons (Fsp3) is 0. The fourth-order valence-corrected chi connectivity index (χ4v) is 4.99. The van der Waals surface area contributed by atoms with Crippen LogP contribution in [0.15, 0.2) is 90.3 Å². The van der Waals surface area contributed by atoms with Crippen LogP contribution in [0.3, 0.4) is 0 Å². The van der Waals surface area contributed by atoms with E-state index in [2.05, 4.69) is 94.9 Å². The number of rotatable bonds is 1. The minimum Gasteiger partial charge on any atom is -0.308 e. The lowest BCUT2D eigenvalue weighted by molar-refractivity contribution is 1.19. The molecule has 26 heavy (non-hydrogen) atoms. The number of aromatic nitrogens is 1. The first-order chi connectivity index (χ1) is 12.9. The highest BCUT2D eigenvalue weighted by Crippen LogP contribution is 2.38. The van der Waals surface area contributed by atoms with Gasteiger partial charge in [0.25, 0.3) is 0 Å². The first-order valence-corrected chi connectivity index (χ1v) is 9.67. The third kappa shape index (κ3) is 1.85. The van der Waals surface area contributed by atoms with Gasteiger partial charge >= 0.3 is 0 Å². The zero-order valence-corrected chi connectivity index (χ0v) is 14.8. The first-order valence-electron chi connectivity index (χ1n) is 8.79. The molecule has 0 aliphatic heterocycles. The topological polar surface area (TPSA) is 4.93 Å². The van der Waals surface area contributed by atoms with E-state index in [0.29, 0.717) is 0 Å². The van der Waals surface area contributed by atoms with E-state index in [1.54, 1.807) is 0 Å². The Morgan fingerprint density at radius 1 is 0.615 bits per heavy atom. The van der Waals surface area contributed by atoms with Gasteiger partial charge in [-0.1, -0.05) is 60.7 Å². The van der Waals surface area contributed by atoms with E-state index in [1.807, 2.05) is 11.3 Å². The summed E-state index contributed by atoms with van der Waals surface area (Å²) in [7, 11) is 0. The highest BCUT2D eigenvalue weighted by Gasteiger charge is 2.15. The second-order valence-electron chi connectivity index (χ2n) is 6.68. The molecule has 0 radical (unpaired) electrons. The number of nitrogens with zero attached hydrogens (tertiary/aromatic N) is 1. The molecule has 0 amide bonds. The third-order valence-electron chi connectivity index (χ3n) is 5.25. The van der Waals surface area contributed by atoms with Crippen LogP contribution in [0.2, 0.25) is 0 Å². The smallest absolute Gasteiger partial charge is 0.0719 e. The quantitative estimate of drug-likeness (QED) is 0.297. The van der Waals surface area contributed by atoms with Gasteiger partial charge < -0.3 is 4.57 Å². The second-order valence-corrected chi connectivity index (χ2v) is 7.60. The van der Waals surface area contributed by atoms with E-state index in [4.69, 9.17) is 0 Å². The van der Waals surface area contributed by atoms with Gasteiger partial charge in [-0.2, -0.15) is 0 Å². The van der Waals surface area contributed by atoms with E-state index >= 15 is 0 Å². The van der Waals surface area contributed by atoms with Crippen LogP contribution >= 0.6 is 11.3 Å². The molecule has 0 bridgehead atoms. The molecule has 0 saturated carbocycles. The van der Waals surface area contributed by atoms with Crippen molar-refractivity contribution in [3.8, 4) is 5.69 Å². The number of fused-ring (bicyclic) bond motifs is 6. The van der Waals surface area contributed by atoms with Crippen LogP contribution < -0.4 is 0 Å². The van der Waals surface area contributed by atoms with E-state index in [0.717, 1.165) is 0 Å². The van der Waals surface area contributed by atoms with Crippen LogP contribution in [0, 0.1) is 0 Å². The first kappa shape index (κ1) is 14.1. The molecule has 2 aromatic heterocycles. The van der Waals surface area contributed by atoms with Crippen molar-refractivity contribution in [2.45, 2.75) is 0 Å². The normalized spacial score (nSPS) is 11.8. The van der Waals surface area contributed by atoms with Crippen molar-refractivity contribution in [3.63, 3.8) is 0 Å². The summed E-state index contributed by atoms with van der Waals surface area (Å²) in [5.41, 5.74) is 3.79. The molecule has 4 aromatic carbocycles. The van der Waals surface area contributed by atoms with Gasteiger partial charge in [-0.15, -0.1) is 11.3 Å². The Morgan fingerprint density at radius 2 is 1.42 bits per heavy atom. The lowest BCUT2D eigenvalue weighted by Crippen LogP contribution is -1.93.